The summed E-state index contributed by atoms with van der Waals surface area (Å²) in [6, 6.07) is 3.59. The van der Waals surface area contributed by atoms with Gasteiger partial charge in [0.05, 0.1) is 5.69 Å². The molecule has 1 N–H and O–H groups in total. The summed E-state index contributed by atoms with van der Waals surface area (Å²) < 4.78 is 0.730. The smallest absolute Gasteiger partial charge is 0.224 e. The average molecular weight is 268 g/mol. The maximum Gasteiger partial charge on any atom is 0.224 e. The van der Waals surface area contributed by atoms with Gasteiger partial charge in [-0.1, -0.05) is 6.92 Å². The maximum atomic E-state index is 11.3. The molecule has 1 heterocycles. The van der Waals surface area contributed by atoms with Gasteiger partial charge in [0, 0.05) is 17.1 Å². The summed E-state index contributed by atoms with van der Waals surface area (Å²) in [5, 5.41) is 11.4. The molecule has 1 rings (SSSR count). The number of nitrogens with one attached hydrogen (secondary N) is 1. The third kappa shape index (κ3) is 3.33. The summed E-state index contributed by atoms with van der Waals surface area (Å²) >= 11 is 3.23. The highest BCUT2D eigenvalue weighted by Gasteiger charge is 2.07. The van der Waals surface area contributed by atoms with Crippen molar-refractivity contribution in [3.05, 3.63) is 22.4 Å². The van der Waals surface area contributed by atoms with Gasteiger partial charge in [-0.3, -0.25) is 4.79 Å². The number of aromatic nitrogens is 1. The van der Waals surface area contributed by atoms with Crippen molar-refractivity contribution < 1.29 is 4.79 Å². The van der Waals surface area contributed by atoms with Gasteiger partial charge in [-0.2, -0.15) is 5.26 Å². The molecule has 0 aliphatic carbocycles. The van der Waals surface area contributed by atoms with Crippen LogP contribution in [0.3, 0.4) is 0 Å². The molecule has 0 unspecified atom stereocenters. The molecule has 78 valence electrons. The van der Waals surface area contributed by atoms with Crippen LogP contribution in [-0.4, -0.2) is 10.9 Å². The molecule has 0 saturated heterocycles. The Hall–Kier alpha value is -1.41. The third-order valence-corrected chi connectivity index (χ3v) is 2.15. The number of amides is 1. The van der Waals surface area contributed by atoms with E-state index in [4.69, 9.17) is 5.26 Å². The second-order valence-electron chi connectivity index (χ2n) is 2.96. The Kier molecular flexibility index (Phi) is 4.25. The number of hydrogen-bond acceptors (Lipinski definition) is 3. The van der Waals surface area contributed by atoms with E-state index in [-0.39, 0.29) is 11.6 Å². The number of nitrogens with zero attached hydrogens (tertiary/aromatic N) is 2. The van der Waals surface area contributed by atoms with E-state index in [1.807, 2.05) is 13.0 Å². The number of carbonyl (C=O) groups is 1. The summed E-state index contributed by atoms with van der Waals surface area (Å²) in [5.74, 6) is -0.103. The van der Waals surface area contributed by atoms with E-state index in [0.717, 1.165) is 10.9 Å². The van der Waals surface area contributed by atoms with Gasteiger partial charge >= 0.3 is 0 Å². The third-order valence-electron chi connectivity index (χ3n) is 1.71. The SMILES string of the molecule is CCCC(=O)Nc1cc(Br)cnc1C#N. The van der Waals surface area contributed by atoms with Crippen molar-refractivity contribution in [1.29, 1.82) is 5.26 Å². The predicted octanol–water partition coefficient (Wildman–Crippen LogP) is 2.45. The quantitative estimate of drug-likeness (QED) is 0.915. The molecule has 0 saturated carbocycles. The van der Waals surface area contributed by atoms with Crippen molar-refractivity contribution in [2.45, 2.75) is 19.8 Å². The Balaban J connectivity index is 2.88. The molecule has 0 radical (unpaired) electrons. The van der Waals surface area contributed by atoms with Crippen molar-refractivity contribution in [2.75, 3.05) is 5.32 Å². The van der Waals surface area contributed by atoms with E-state index in [0.29, 0.717) is 12.1 Å². The van der Waals surface area contributed by atoms with Crippen LogP contribution >= 0.6 is 15.9 Å². The Labute approximate surface area is 96.4 Å². The minimum atomic E-state index is -0.103. The van der Waals surface area contributed by atoms with E-state index in [9.17, 15) is 4.79 Å². The standard InChI is InChI=1S/C10H10BrN3O/c1-2-3-10(15)14-8-4-7(11)6-13-9(8)5-12/h4,6H,2-3H2,1H3,(H,14,15). The number of nitriles is 1. The number of anilines is 1. The van der Waals surface area contributed by atoms with E-state index < -0.39 is 0 Å². The molecule has 1 amide bonds. The molecule has 4 nitrogen and oxygen atoms in total. The van der Waals surface area contributed by atoms with Crippen LogP contribution in [0.4, 0.5) is 5.69 Å². The Bertz CT molecular complexity index is 412. The first kappa shape index (κ1) is 11.7. The van der Waals surface area contributed by atoms with Gasteiger partial charge in [0.25, 0.3) is 0 Å². The first-order valence-corrected chi connectivity index (χ1v) is 5.32. The summed E-state index contributed by atoms with van der Waals surface area (Å²) in [5.41, 5.74) is 0.674. The van der Waals surface area contributed by atoms with Gasteiger partial charge < -0.3 is 5.32 Å². The highest BCUT2D eigenvalue weighted by atomic mass is 79.9. The fourth-order valence-electron chi connectivity index (χ4n) is 1.06. The molecule has 0 spiro atoms. The molecule has 0 fully saturated rings. The van der Waals surface area contributed by atoms with Crippen molar-refractivity contribution in [3.63, 3.8) is 0 Å². The first-order chi connectivity index (χ1) is 7.17. The molecular weight excluding hydrogens is 258 g/mol. The Morgan fingerprint density at radius 1 is 1.73 bits per heavy atom. The lowest BCUT2D eigenvalue weighted by Crippen LogP contribution is -2.12. The number of hydrogen-bond donors (Lipinski definition) is 1. The number of rotatable bonds is 3. The van der Waals surface area contributed by atoms with Crippen molar-refractivity contribution in [2.24, 2.45) is 0 Å². The highest BCUT2D eigenvalue weighted by Crippen LogP contribution is 2.18. The lowest BCUT2D eigenvalue weighted by atomic mass is 10.2. The zero-order chi connectivity index (χ0) is 11.3. The zero-order valence-electron chi connectivity index (χ0n) is 8.25. The van der Waals surface area contributed by atoms with Gasteiger partial charge in [-0.05, 0) is 28.4 Å². The summed E-state index contributed by atoms with van der Waals surface area (Å²) in [4.78, 5) is 15.2. The Morgan fingerprint density at radius 2 is 2.47 bits per heavy atom. The second-order valence-corrected chi connectivity index (χ2v) is 3.88. The normalized spacial score (nSPS) is 9.40. The molecule has 1 aromatic rings. The molecule has 0 aliphatic heterocycles. The van der Waals surface area contributed by atoms with Gasteiger partial charge in [-0.15, -0.1) is 0 Å². The van der Waals surface area contributed by atoms with Crippen LogP contribution in [0, 0.1) is 11.3 Å². The van der Waals surface area contributed by atoms with Gasteiger partial charge in [0.1, 0.15) is 6.07 Å². The minimum absolute atomic E-state index is 0.103. The Morgan fingerprint density at radius 3 is 3.07 bits per heavy atom. The van der Waals surface area contributed by atoms with E-state index >= 15 is 0 Å². The fourth-order valence-corrected chi connectivity index (χ4v) is 1.39. The van der Waals surface area contributed by atoms with E-state index in [2.05, 4.69) is 26.2 Å². The van der Waals surface area contributed by atoms with Crippen LogP contribution in [0.15, 0.2) is 16.7 Å². The minimum Gasteiger partial charge on any atom is -0.324 e. The predicted molar refractivity (Wildman–Crippen MR) is 60.2 cm³/mol. The summed E-state index contributed by atoms with van der Waals surface area (Å²) in [7, 11) is 0. The first-order valence-electron chi connectivity index (χ1n) is 4.53. The molecule has 0 aliphatic rings. The van der Waals surface area contributed by atoms with Crippen LogP contribution < -0.4 is 5.32 Å². The molecule has 0 atom stereocenters. The van der Waals surface area contributed by atoms with Gasteiger partial charge in [-0.25, -0.2) is 4.98 Å². The number of carbonyl (C=O) groups excluding carboxylic acids is 1. The lowest BCUT2D eigenvalue weighted by Gasteiger charge is -2.05. The van der Waals surface area contributed by atoms with Crippen LogP contribution in [0.2, 0.25) is 0 Å². The molecule has 1 aromatic heterocycles. The zero-order valence-corrected chi connectivity index (χ0v) is 9.84. The van der Waals surface area contributed by atoms with Crippen LogP contribution in [0.25, 0.3) is 0 Å². The van der Waals surface area contributed by atoms with Gasteiger partial charge in [0.15, 0.2) is 5.69 Å². The van der Waals surface area contributed by atoms with Crippen molar-refractivity contribution >= 4 is 27.5 Å². The fraction of sp³-hybridized carbons (Fsp3) is 0.300. The second kappa shape index (κ2) is 5.47. The summed E-state index contributed by atoms with van der Waals surface area (Å²) in [6.45, 7) is 1.92. The average Bonchev–Trinajstić information content (AvgIpc) is 2.18. The summed E-state index contributed by atoms with van der Waals surface area (Å²) in [6.07, 6.45) is 2.74. The topological polar surface area (TPSA) is 65.8 Å². The van der Waals surface area contributed by atoms with Crippen LogP contribution in [0.1, 0.15) is 25.5 Å². The van der Waals surface area contributed by atoms with Crippen LogP contribution in [-0.2, 0) is 4.79 Å². The highest BCUT2D eigenvalue weighted by molar-refractivity contribution is 9.10. The van der Waals surface area contributed by atoms with Crippen LogP contribution in [0.5, 0.6) is 0 Å². The van der Waals surface area contributed by atoms with Crippen molar-refractivity contribution in [1.82, 2.24) is 4.98 Å². The molecular formula is C10H10BrN3O. The molecule has 5 heteroatoms. The molecule has 15 heavy (non-hydrogen) atoms. The number of pyridine rings is 1. The van der Waals surface area contributed by atoms with Gasteiger partial charge in [0.2, 0.25) is 5.91 Å². The lowest BCUT2D eigenvalue weighted by molar-refractivity contribution is -0.116. The van der Waals surface area contributed by atoms with E-state index in [1.54, 1.807) is 6.07 Å². The number of halogens is 1. The molecule has 0 bridgehead atoms. The monoisotopic (exact) mass is 267 g/mol. The molecule has 0 aromatic carbocycles. The van der Waals surface area contributed by atoms with Crippen molar-refractivity contribution in [3.8, 4) is 6.07 Å². The van der Waals surface area contributed by atoms with E-state index in [1.165, 1.54) is 6.20 Å². The largest absolute Gasteiger partial charge is 0.324 e. The maximum absolute atomic E-state index is 11.3.